The van der Waals surface area contributed by atoms with Gasteiger partial charge in [-0.25, -0.2) is 4.98 Å². The normalized spacial score (nSPS) is 22.6. The Hall–Kier alpha value is -2.34. The van der Waals surface area contributed by atoms with E-state index < -0.39 is 0 Å². The van der Waals surface area contributed by atoms with Gasteiger partial charge in [0, 0.05) is 18.0 Å². The molecular weight excluding hydrogens is 382 g/mol. The Morgan fingerprint density at radius 3 is 2.45 bits per heavy atom. The fraction of sp³-hybridized carbons (Fsp3) is 0.435. The zero-order valence-electron chi connectivity index (χ0n) is 17.5. The first-order valence-corrected chi connectivity index (χ1v) is 11.2. The van der Waals surface area contributed by atoms with Gasteiger partial charge < -0.3 is 10.3 Å². The van der Waals surface area contributed by atoms with E-state index in [1.54, 1.807) is 0 Å². The molecule has 1 aromatic carbocycles. The third kappa shape index (κ3) is 3.54. The fourth-order valence-corrected chi connectivity index (χ4v) is 4.84. The minimum atomic E-state index is -0.386. The Morgan fingerprint density at radius 2 is 1.83 bits per heavy atom. The number of anilines is 1. The van der Waals surface area contributed by atoms with Gasteiger partial charge in [0.15, 0.2) is 5.16 Å². The molecule has 2 aliphatic rings. The highest BCUT2D eigenvalue weighted by molar-refractivity contribution is 7.98. The lowest BCUT2D eigenvalue weighted by atomic mass is 9.67. The van der Waals surface area contributed by atoms with Crippen molar-refractivity contribution in [2.45, 2.75) is 51.1 Å². The van der Waals surface area contributed by atoms with Gasteiger partial charge in [-0.1, -0.05) is 69.8 Å². The zero-order valence-corrected chi connectivity index (χ0v) is 18.3. The molecule has 2 N–H and O–H groups in total. The van der Waals surface area contributed by atoms with Crippen LogP contribution in [-0.4, -0.2) is 22.0 Å². The molecule has 2 atom stereocenters. The summed E-state index contributed by atoms with van der Waals surface area (Å²) in [5.41, 5.74) is 3.23. The molecule has 1 aromatic heterocycles. The van der Waals surface area contributed by atoms with Crippen molar-refractivity contribution in [3.63, 3.8) is 0 Å². The van der Waals surface area contributed by atoms with Gasteiger partial charge in [-0.15, -0.1) is 0 Å². The Kier molecular flexibility index (Phi) is 4.93. The molecule has 0 fully saturated rings. The van der Waals surface area contributed by atoms with E-state index in [0.717, 1.165) is 11.3 Å². The van der Waals surface area contributed by atoms with Crippen LogP contribution < -0.4 is 10.9 Å². The third-order valence-corrected chi connectivity index (χ3v) is 6.43. The first kappa shape index (κ1) is 20.0. The molecule has 0 spiro atoms. The molecule has 2 heterocycles. The minimum absolute atomic E-state index is 0.164. The van der Waals surface area contributed by atoms with Crippen LogP contribution in [0.5, 0.6) is 0 Å². The number of thioether (sulfide) groups is 1. The maximum absolute atomic E-state index is 13.2. The number of fused-ring (bicyclic) bond motifs is 2. The van der Waals surface area contributed by atoms with Gasteiger partial charge >= 0.3 is 0 Å². The van der Waals surface area contributed by atoms with E-state index in [-0.39, 0.29) is 28.6 Å². The summed E-state index contributed by atoms with van der Waals surface area (Å²) in [6.45, 7) is 8.44. The number of carbonyl (C=O) groups is 1. The molecule has 0 bridgehead atoms. The molecule has 6 heteroatoms. The summed E-state index contributed by atoms with van der Waals surface area (Å²) in [7, 11) is 0. The molecule has 152 valence electrons. The van der Waals surface area contributed by atoms with E-state index in [1.165, 1.54) is 17.3 Å². The Morgan fingerprint density at radius 1 is 1.14 bits per heavy atom. The van der Waals surface area contributed by atoms with Crippen LogP contribution in [-0.2, 0) is 4.79 Å². The van der Waals surface area contributed by atoms with Gasteiger partial charge in [0.1, 0.15) is 11.6 Å². The first-order chi connectivity index (χ1) is 13.7. The van der Waals surface area contributed by atoms with Crippen LogP contribution in [0.25, 0.3) is 0 Å². The van der Waals surface area contributed by atoms with Gasteiger partial charge in [0.2, 0.25) is 0 Å². The first-order valence-electron chi connectivity index (χ1n) is 10.0. The van der Waals surface area contributed by atoms with Crippen molar-refractivity contribution in [1.29, 1.82) is 0 Å². The van der Waals surface area contributed by atoms with E-state index in [9.17, 15) is 9.59 Å². The average Bonchev–Trinajstić information content (AvgIpc) is 2.65. The maximum atomic E-state index is 13.2. The van der Waals surface area contributed by atoms with Crippen molar-refractivity contribution in [3.05, 3.63) is 63.1 Å². The molecule has 0 saturated heterocycles. The number of aromatic nitrogens is 2. The molecule has 29 heavy (non-hydrogen) atoms. The molecule has 0 unspecified atom stereocenters. The number of H-pyrrole nitrogens is 1. The van der Waals surface area contributed by atoms with Gasteiger partial charge in [-0.05, 0) is 28.7 Å². The molecule has 0 saturated carbocycles. The summed E-state index contributed by atoms with van der Waals surface area (Å²) in [5, 5.41) is 3.89. The lowest BCUT2D eigenvalue weighted by Crippen LogP contribution is -2.41. The Bertz CT molecular complexity index is 1050. The van der Waals surface area contributed by atoms with Gasteiger partial charge in [0.25, 0.3) is 5.56 Å². The highest BCUT2D eigenvalue weighted by atomic mass is 32.2. The molecule has 4 rings (SSSR count). The third-order valence-electron chi connectivity index (χ3n) is 5.85. The lowest BCUT2D eigenvalue weighted by molar-refractivity contribution is -0.124. The molecule has 1 aliphatic heterocycles. The summed E-state index contributed by atoms with van der Waals surface area (Å²) >= 11 is 1.39. The number of hydrogen-bond donors (Lipinski definition) is 2. The van der Waals surface area contributed by atoms with Crippen LogP contribution in [0.1, 0.15) is 62.6 Å². The smallest absolute Gasteiger partial charge is 0.257 e. The molecule has 1 aliphatic carbocycles. The van der Waals surface area contributed by atoms with E-state index in [2.05, 4.69) is 73.3 Å². The van der Waals surface area contributed by atoms with Gasteiger partial charge in [-0.2, -0.15) is 0 Å². The number of carbonyl (C=O) groups excluding carboxylic acids is 1. The Labute approximate surface area is 175 Å². The number of rotatable bonds is 3. The summed E-state index contributed by atoms with van der Waals surface area (Å²) < 4.78 is 0. The standard InChI is InChI=1S/C23H27N3O2S/c1-12(2)13-6-8-14(9-7-13)17-18-15(10-23(3,4)11-16(18)27)24-20-19(17)21(28)26-22(25-20)29-5/h6-10,12,17-18H,11H2,1-5H3,(H2,24,25,26,28)/t17-,18+/m1/s1. The molecule has 0 amide bonds. The summed E-state index contributed by atoms with van der Waals surface area (Å²) in [4.78, 5) is 33.7. The fourth-order valence-electron chi connectivity index (χ4n) is 4.47. The Balaban J connectivity index is 1.94. The second kappa shape index (κ2) is 7.17. The highest BCUT2D eigenvalue weighted by Crippen LogP contribution is 2.47. The number of aromatic amines is 1. The summed E-state index contributed by atoms with van der Waals surface area (Å²) in [6, 6.07) is 8.31. The number of allylic oxidation sites excluding steroid dienone is 2. The largest absolute Gasteiger partial charge is 0.343 e. The van der Waals surface area contributed by atoms with Crippen molar-refractivity contribution >= 4 is 23.4 Å². The quantitative estimate of drug-likeness (QED) is 0.569. The van der Waals surface area contributed by atoms with Crippen LogP contribution >= 0.6 is 11.8 Å². The molecular formula is C23H27N3O2S. The van der Waals surface area contributed by atoms with Crippen molar-refractivity contribution in [1.82, 2.24) is 9.97 Å². The van der Waals surface area contributed by atoms with Crippen LogP contribution in [0.4, 0.5) is 5.82 Å². The number of ketones is 1. The second-order valence-electron chi connectivity index (χ2n) is 8.97. The predicted molar refractivity (Wildman–Crippen MR) is 118 cm³/mol. The SMILES string of the molecule is CSc1nc2c(c(=O)[nH]1)[C@H](c1ccc(C(C)C)cc1)[C@@H]1C(=O)CC(C)(C)C=C1N2. The second-order valence-corrected chi connectivity index (χ2v) is 9.77. The van der Waals surface area contributed by atoms with E-state index in [0.29, 0.717) is 28.9 Å². The van der Waals surface area contributed by atoms with Crippen LogP contribution in [0.3, 0.4) is 0 Å². The van der Waals surface area contributed by atoms with E-state index >= 15 is 0 Å². The number of hydrogen-bond acceptors (Lipinski definition) is 5. The van der Waals surface area contributed by atoms with Crippen LogP contribution in [0.2, 0.25) is 0 Å². The summed E-state index contributed by atoms with van der Waals surface area (Å²) in [6.07, 6.45) is 4.48. The highest BCUT2D eigenvalue weighted by Gasteiger charge is 2.45. The van der Waals surface area contributed by atoms with Crippen molar-refractivity contribution < 1.29 is 4.79 Å². The van der Waals surface area contributed by atoms with E-state index in [4.69, 9.17) is 0 Å². The number of nitrogens with one attached hydrogen (secondary N) is 2. The number of Topliss-reactive ketones (excluding diaryl/α,β-unsaturated/α-hetero) is 1. The topological polar surface area (TPSA) is 74.8 Å². The lowest BCUT2D eigenvalue weighted by Gasteiger charge is -2.40. The van der Waals surface area contributed by atoms with Gasteiger partial charge in [0.05, 0.1) is 11.5 Å². The number of benzene rings is 1. The molecule has 0 radical (unpaired) electrons. The monoisotopic (exact) mass is 409 g/mol. The van der Waals surface area contributed by atoms with Crippen LogP contribution in [0.15, 0.2) is 46.0 Å². The summed E-state index contributed by atoms with van der Waals surface area (Å²) in [5.74, 6) is 0.421. The van der Waals surface area contributed by atoms with Crippen molar-refractivity contribution in [2.75, 3.05) is 11.6 Å². The van der Waals surface area contributed by atoms with Gasteiger partial charge in [-0.3, -0.25) is 9.59 Å². The number of nitrogens with zero attached hydrogens (tertiary/aromatic N) is 1. The predicted octanol–water partition coefficient (Wildman–Crippen LogP) is 4.67. The molecule has 2 aromatic rings. The van der Waals surface area contributed by atoms with Crippen molar-refractivity contribution in [3.8, 4) is 0 Å². The average molecular weight is 410 g/mol. The molecule has 5 nitrogen and oxygen atoms in total. The van der Waals surface area contributed by atoms with Crippen molar-refractivity contribution in [2.24, 2.45) is 11.3 Å². The minimum Gasteiger partial charge on any atom is -0.343 e. The van der Waals surface area contributed by atoms with E-state index in [1.807, 2.05) is 6.26 Å². The maximum Gasteiger partial charge on any atom is 0.257 e. The van der Waals surface area contributed by atoms with Crippen LogP contribution in [0, 0.1) is 11.3 Å². The zero-order chi connectivity index (χ0) is 20.9.